The highest BCUT2D eigenvalue weighted by Crippen LogP contribution is 2.11. The van der Waals surface area contributed by atoms with E-state index in [1.54, 1.807) is 6.07 Å². The lowest BCUT2D eigenvalue weighted by molar-refractivity contribution is 0.0937. The van der Waals surface area contributed by atoms with Crippen LogP contribution in [0, 0.1) is 5.92 Å². The Morgan fingerprint density at radius 3 is 2.65 bits per heavy atom. The van der Waals surface area contributed by atoms with Gasteiger partial charge in [0.05, 0.1) is 5.52 Å². The number of hydrogen-bond donors (Lipinski definition) is 2. The predicted molar refractivity (Wildman–Crippen MR) is 84.9 cm³/mol. The molecule has 3 rings (SSSR count). The lowest BCUT2D eigenvalue weighted by atomic mass is 10.0. The Hall–Kier alpha value is -1.36. The lowest BCUT2D eigenvalue weighted by Gasteiger charge is -2.26. The fourth-order valence-electron chi connectivity index (χ4n) is 2.01. The van der Waals surface area contributed by atoms with E-state index in [1.807, 2.05) is 30.3 Å². The summed E-state index contributed by atoms with van der Waals surface area (Å²) in [6, 6.07) is 11.5. The number of para-hydroxylation sites is 1. The van der Waals surface area contributed by atoms with Crippen molar-refractivity contribution in [1.82, 2.24) is 15.6 Å². The molecule has 20 heavy (non-hydrogen) atoms. The summed E-state index contributed by atoms with van der Waals surface area (Å²) in [6.45, 7) is 2.71. The fourth-order valence-corrected chi connectivity index (χ4v) is 2.01. The summed E-state index contributed by atoms with van der Waals surface area (Å²) in [7, 11) is 0. The van der Waals surface area contributed by atoms with Crippen LogP contribution in [0.2, 0.25) is 0 Å². The smallest absolute Gasteiger partial charge is 0.269 e. The summed E-state index contributed by atoms with van der Waals surface area (Å²) in [5.41, 5.74) is 1.34. The van der Waals surface area contributed by atoms with Gasteiger partial charge in [-0.1, -0.05) is 24.3 Å². The quantitative estimate of drug-likeness (QED) is 0.911. The zero-order valence-corrected chi connectivity index (χ0v) is 12.5. The maximum absolute atomic E-state index is 11.9. The van der Waals surface area contributed by atoms with E-state index in [4.69, 9.17) is 0 Å². The molecule has 1 aliphatic heterocycles. The minimum absolute atomic E-state index is 0. The number of fused-ring (bicyclic) bond motifs is 1. The topological polar surface area (TPSA) is 54.0 Å². The standard InChI is InChI=1S/C14H15N3O.2ClH/c18-14(16-9-10-7-15-8-10)13-6-5-11-3-1-2-4-12(11)17-13;;/h1-6,10,15H,7-9H2,(H,16,18);2*1H. The Balaban J connectivity index is 0.000001000. The predicted octanol–water partition coefficient (Wildman–Crippen LogP) is 2.03. The molecule has 0 spiro atoms. The van der Waals surface area contributed by atoms with Crippen molar-refractivity contribution in [3.8, 4) is 0 Å². The van der Waals surface area contributed by atoms with Crippen LogP contribution in [0.15, 0.2) is 36.4 Å². The van der Waals surface area contributed by atoms with Crippen molar-refractivity contribution < 1.29 is 4.79 Å². The van der Waals surface area contributed by atoms with Crippen LogP contribution < -0.4 is 10.6 Å². The molecule has 1 aliphatic rings. The van der Waals surface area contributed by atoms with Gasteiger partial charge in [0.15, 0.2) is 0 Å². The van der Waals surface area contributed by atoms with Crippen LogP contribution in [0.25, 0.3) is 10.9 Å². The second-order valence-electron chi connectivity index (χ2n) is 4.62. The molecule has 0 radical (unpaired) electrons. The van der Waals surface area contributed by atoms with Gasteiger partial charge in [-0.15, -0.1) is 24.8 Å². The number of nitrogens with zero attached hydrogens (tertiary/aromatic N) is 1. The number of halogens is 2. The van der Waals surface area contributed by atoms with Gasteiger partial charge in [-0.2, -0.15) is 0 Å². The average molecular weight is 314 g/mol. The number of benzene rings is 1. The van der Waals surface area contributed by atoms with Crippen LogP contribution in [-0.4, -0.2) is 30.5 Å². The van der Waals surface area contributed by atoms with E-state index in [0.29, 0.717) is 11.6 Å². The van der Waals surface area contributed by atoms with Crippen LogP contribution in [0.5, 0.6) is 0 Å². The van der Waals surface area contributed by atoms with Crippen molar-refractivity contribution in [2.24, 2.45) is 5.92 Å². The molecule has 0 aliphatic carbocycles. The molecule has 1 saturated heterocycles. The van der Waals surface area contributed by atoms with Crippen molar-refractivity contribution in [2.75, 3.05) is 19.6 Å². The number of aromatic nitrogens is 1. The minimum atomic E-state index is -0.0901. The van der Waals surface area contributed by atoms with Crippen LogP contribution in [0.3, 0.4) is 0 Å². The van der Waals surface area contributed by atoms with E-state index in [1.165, 1.54) is 0 Å². The molecule has 0 saturated carbocycles. The molecular weight excluding hydrogens is 297 g/mol. The van der Waals surface area contributed by atoms with Crippen LogP contribution >= 0.6 is 24.8 Å². The summed E-state index contributed by atoms with van der Waals surface area (Å²) in [6.07, 6.45) is 0. The fraction of sp³-hybridized carbons (Fsp3) is 0.286. The monoisotopic (exact) mass is 313 g/mol. The largest absolute Gasteiger partial charge is 0.350 e. The number of carbonyl (C=O) groups excluding carboxylic acids is 1. The summed E-state index contributed by atoms with van der Waals surface area (Å²) in [5.74, 6) is 0.474. The summed E-state index contributed by atoms with van der Waals surface area (Å²) in [5, 5.41) is 7.16. The molecule has 2 N–H and O–H groups in total. The molecule has 0 atom stereocenters. The highest BCUT2D eigenvalue weighted by molar-refractivity contribution is 5.94. The van der Waals surface area contributed by atoms with Gasteiger partial charge in [0.25, 0.3) is 5.91 Å². The second kappa shape index (κ2) is 7.43. The number of amides is 1. The lowest BCUT2D eigenvalue weighted by Crippen LogP contribution is -2.48. The number of rotatable bonds is 3. The van der Waals surface area contributed by atoms with Crippen molar-refractivity contribution in [3.63, 3.8) is 0 Å². The zero-order chi connectivity index (χ0) is 12.4. The summed E-state index contributed by atoms with van der Waals surface area (Å²) >= 11 is 0. The normalized spacial score (nSPS) is 13.8. The Labute approximate surface area is 130 Å². The zero-order valence-electron chi connectivity index (χ0n) is 10.8. The molecule has 4 nitrogen and oxygen atoms in total. The second-order valence-corrected chi connectivity index (χ2v) is 4.62. The molecular formula is C14H17Cl2N3O. The van der Waals surface area contributed by atoms with Crippen molar-refractivity contribution in [3.05, 3.63) is 42.1 Å². The van der Waals surface area contributed by atoms with Gasteiger partial charge < -0.3 is 10.6 Å². The first-order valence-electron chi connectivity index (χ1n) is 6.17. The molecule has 1 aromatic carbocycles. The van der Waals surface area contributed by atoms with Gasteiger partial charge in [0.2, 0.25) is 0 Å². The van der Waals surface area contributed by atoms with Gasteiger partial charge in [-0.05, 0) is 12.1 Å². The third kappa shape index (κ3) is 3.60. The summed E-state index contributed by atoms with van der Waals surface area (Å²) < 4.78 is 0. The molecule has 108 valence electrons. The third-order valence-electron chi connectivity index (χ3n) is 3.25. The Kier molecular flexibility index (Phi) is 6.20. The molecule has 1 amide bonds. The van der Waals surface area contributed by atoms with E-state index < -0.39 is 0 Å². The van der Waals surface area contributed by atoms with Crippen LogP contribution in [-0.2, 0) is 0 Å². The molecule has 1 aromatic heterocycles. The van der Waals surface area contributed by atoms with E-state index >= 15 is 0 Å². The van der Waals surface area contributed by atoms with E-state index in [-0.39, 0.29) is 30.7 Å². The van der Waals surface area contributed by atoms with E-state index in [0.717, 1.165) is 30.5 Å². The van der Waals surface area contributed by atoms with Gasteiger partial charge in [-0.3, -0.25) is 4.79 Å². The Morgan fingerprint density at radius 2 is 1.95 bits per heavy atom. The van der Waals surface area contributed by atoms with Gasteiger partial charge >= 0.3 is 0 Å². The molecule has 2 aromatic rings. The van der Waals surface area contributed by atoms with Crippen molar-refractivity contribution in [1.29, 1.82) is 0 Å². The summed E-state index contributed by atoms with van der Waals surface area (Å²) in [4.78, 5) is 16.3. The Bertz CT molecular complexity index is 587. The highest BCUT2D eigenvalue weighted by atomic mass is 35.5. The highest BCUT2D eigenvalue weighted by Gasteiger charge is 2.17. The number of hydrogen-bond acceptors (Lipinski definition) is 3. The molecule has 2 heterocycles. The van der Waals surface area contributed by atoms with Crippen LogP contribution in [0.4, 0.5) is 0 Å². The van der Waals surface area contributed by atoms with Gasteiger partial charge in [0, 0.05) is 30.9 Å². The first-order valence-corrected chi connectivity index (χ1v) is 6.17. The van der Waals surface area contributed by atoms with Gasteiger partial charge in [0.1, 0.15) is 5.69 Å². The average Bonchev–Trinajstić information content (AvgIpc) is 2.36. The number of pyridine rings is 1. The number of nitrogens with one attached hydrogen (secondary N) is 2. The molecule has 0 bridgehead atoms. The minimum Gasteiger partial charge on any atom is -0.350 e. The van der Waals surface area contributed by atoms with E-state index in [9.17, 15) is 4.79 Å². The van der Waals surface area contributed by atoms with E-state index in [2.05, 4.69) is 15.6 Å². The molecule has 0 unspecified atom stereocenters. The van der Waals surface area contributed by atoms with Crippen molar-refractivity contribution >= 4 is 41.6 Å². The number of carbonyl (C=O) groups is 1. The first-order chi connectivity index (χ1) is 8.83. The van der Waals surface area contributed by atoms with Crippen LogP contribution in [0.1, 0.15) is 10.5 Å². The molecule has 1 fully saturated rings. The van der Waals surface area contributed by atoms with Gasteiger partial charge in [-0.25, -0.2) is 4.98 Å². The maximum Gasteiger partial charge on any atom is 0.269 e. The Morgan fingerprint density at radius 1 is 1.20 bits per heavy atom. The first kappa shape index (κ1) is 16.7. The van der Waals surface area contributed by atoms with Crippen molar-refractivity contribution in [2.45, 2.75) is 0 Å². The SMILES string of the molecule is Cl.Cl.O=C(NCC1CNC1)c1ccc2ccccc2n1. The third-order valence-corrected chi connectivity index (χ3v) is 3.25. The maximum atomic E-state index is 11.9. The molecule has 6 heteroatoms.